The molecule has 0 radical (unpaired) electrons. The van der Waals surface area contributed by atoms with Crippen molar-refractivity contribution in [3.8, 4) is 0 Å². The fraction of sp³-hybridized carbons (Fsp3) is 0.333. The van der Waals surface area contributed by atoms with Crippen LogP contribution in [-0.4, -0.2) is 28.3 Å². The third-order valence-corrected chi connectivity index (χ3v) is 2.88. The van der Waals surface area contributed by atoms with Crippen molar-refractivity contribution in [3.63, 3.8) is 0 Å². The Morgan fingerprint density at radius 3 is 3.05 bits per heavy atom. The summed E-state index contributed by atoms with van der Waals surface area (Å²) in [5, 5.41) is 2.64. The van der Waals surface area contributed by atoms with E-state index in [9.17, 15) is 13.6 Å². The number of ether oxygens (including phenoxy) is 1. The molecule has 0 spiro atoms. The average molecular weight is 309 g/mol. The van der Waals surface area contributed by atoms with E-state index >= 15 is 0 Å². The van der Waals surface area contributed by atoms with Crippen LogP contribution in [0.3, 0.4) is 0 Å². The number of hydrogen-bond acceptors (Lipinski definition) is 3. The lowest BCUT2D eigenvalue weighted by molar-refractivity contribution is 0.00978. The van der Waals surface area contributed by atoms with Crippen LogP contribution < -0.4 is 5.32 Å². The monoisotopic (exact) mass is 309 g/mol. The first-order chi connectivity index (χ1) is 10.6. The molecule has 22 heavy (non-hydrogen) atoms. The van der Waals surface area contributed by atoms with Gasteiger partial charge < -0.3 is 10.1 Å². The summed E-state index contributed by atoms with van der Waals surface area (Å²) in [6.45, 7) is 1.40. The molecule has 5 nitrogen and oxygen atoms in total. The van der Waals surface area contributed by atoms with Crippen molar-refractivity contribution in [3.05, 3.63) is 48.1 Å². The van der Waals surface area contributed by atoms with Gasteiger partial charge in [-0.15, -0.1) is 0 Å². The summed E-state index contributed by atoms with van der Waals surface area (Å²) >= 11 is 0. The van der Waals surface area contributed by atoms with E-state index in [0.29, 0.717) is 16.9 Å². The minimum absolute atomic E-state index is 0.0508. The van der Waals surface area contributed by atoms with Gasteiger partial charge in [0.05, 0.1) is 12.8 Å². The number of nitrogens with one attached hydrogen (secondary N) is 1. The highest BCUT2D eigenvalue weighted by atomic mass is 19.3. The summed E-state index contributed by atoms with van der Waals surface area (Å²) in [5.74, 6) is -0.289. The van der Waals surface area contributed by atoms with Crippen LogP contribution in [0.2, 0.25) is 0 Å². The summed E-state index contributed by atoms with van der Waals surface area (Å²) < 4.78 is 30.6. The number of halogens is 2. The number of hydrogen-bond donors (Lipinski definition) is 1. The number of aromatic nitrogens is 2. The second kappa shape index (κ2) is 7.65. The minimum Gasteiger partial charge on any atom is -0.371 e. The number of imidazole rings is 1. The summed E-state index contributed by atoms with van der Waals surface area (Å²) in [4.78, 5) is 16.2. The van der Waals surface area contributed by atoms with Crippen molar-refractivity contribution in [1.29, 1.82) is 0 Å². The number of allylic oxidation sites excluding steroid dienone is 1. The normalized spacial score (nSPS) is 11.6. The Hall–Kier alpha value is -2.28. The van der Waals surface area contributed by atoms with E-state index in [-0.39, 0.29) is 12.5 Å². The molecule has 0 bridgehead atoms. The van der Waals surface area contributed by atoms with Gasteiger partial charge in [0.2, 0.25) is 0 Å². The van der Waals surface area contributed by atoms with Gasteiger partial charge in [0.25, 0.3) is 12.3 Å². The van der Waals surface area contributed by atoms with E-state index in [1.165, 1.54) is 6.20 Å². The predicted octanol–water partition coefficient (Wildman–Crippen LogP) is 2.77. The molecule has 0 fully saturated rings. The largest absolute Gasteiger partial charge is 0.371 e. The maximum Gasteiger partial charge on any atom is 0.273 e. The van der Waals surface area contributed by atoms with Gasteiger partial charge in [0, 0.05) is 12.4 Å². The second-order valence-corrected chi connectivity index (χ2v) is 4.60. The van der Waals surface area contributed by atoms with Gasteiger partial charge in [0.15, 0.2) is 0 Å². The van der Waals surface area contributed by atoms with Crippen molar-refractivity contribution >= 4 is 11.6 Å². The van der Waals surface area contributed by atoms with Gasteiger partial charge in [-0.1, -0.05) is 19.1 Å². The molecule has 1 N–H and O–H groups in total. The first kappa shape index (κ1) is 16.1. The quantitative estimate of drug-likeness (QED) is 0.855. The molecule has 2 aromatic heterocycles. The first-order valence-corrected chi connectivity index (χ1v) is 6.89. The van der Waals surface area contributed by atoms with Crippen LogP contribution in [-0.2, 0) is 11.3 Å². The summed E-state index contributed by atoms with van der Waals surface area (Å²) in [6, 6.07) is 3.44. The van der Waals surface area contributed by atoms with Crippen LogP contribution in [0, 0.1) is 0 Å². The zero-order valence-electron chi connectivity index (χ0n) is 12.1. The number of rotatable bonds is 7. The molecule has 0 aliphatic heterocycles. The Morgan fingerprint density at radius 1 is 1.50 bits per heavy atom. The molecule has 0 saturated heterocycles. The van der Waals surface area contributed by atoms with Gasteiger partial charge >= 0.3 is 0 Å². The highest BCUT2D eigenvalue weighted by Gasteiger charge is 2.11. The maximum atomic E-state index is 12.1. The molecule has 2 rings (SSSR count). The molecule has 118 valence electrons. The first-order valence-electron chi connectivity index (χ1n) is 6.89. The van der Waals surface area contributed by atoms with Crippen LogP contribution in [0.25, 0.3) is 5.65 Å². The third kappa shape index (κ3) is 4.11. The molecule has 0 aliphatic carbocycles. The molecule has 0 aromatic carbocycles. The molecule has 7 heteroatoms. The fourth-order valence-electron chi connectivity index (χ4n) is 1.87. The van der Waals surface area contributed by atoms with Crippen molar-refractivity contribution in [1.82, 2.24) is 14.7 Å². The van der Waals surface area contributed by atoms with Gasteiger partial charge in [-0.2, -0.15) is 0 Å². The lowest BCUT2D eigenvalue weighted by Gasteiger charge is -2.06. The molecule has 0 aliphatic rings. The molecule has 0 unspecified atom stereocenters. The number of carbonyl (C=O) groups is 1. The molecule has 0 atom stereocenters. The zero-order chi connectivity index (χ0) is 15.9. The van der Waals surface area contributed by atoms with Crippen LogP contribution >= 0.6 is 0 Å². The Morgan fingerprint density at radius 2 is 2.32 bits per heavy atom. The maximum absolute atomic E-state index is 12.1. The van der Waals surface area contributed by atoms with Crippen molar-refractivity contribution in [2.24, 2.45) is 0 Å². The van der Waals surface area contributed by atoms with E-state index in [2.05, 4.69) is 10.3 Å². The standard InChI is InChI=1S/C15H17F2N3O2/c1-2-3-6-18-15(21)12-7-19-14-5-4-11(8-20(12)14)9-22-10-13(16)17/h3-8,13H,2,9-10H2,1H3,(H,18,21)/b6-3+. The number of carbonyl (C=O) groups excluding carboxylic acids is 1. The molecule has 0 saturated carbocycles. The van der Waals surface area contributed by atoms with Crippen LogP contribution in [0.15, 0.2) is 36.8 Å². The van der Waals surface area contributed by atoms with Crippen molar-refractivity contribution in [2.45, 2.75) is 26.4 Å². The van der Waals surface area contributed by atoms with Crippen molar-refractivity contribution in [2.75, 3.05) is 6.61 Å². The number of fused-ring (bicyclic) bond motifs is 1. The SMILES string of the molecule is CC/C=C/NC(=O)c1cnc2ccc(COCC(F)F)cn12. The topological polar surface area (TPSA) is 55.6 Å². The lowest BCUT2D eigenvalue weighted by atomic mass is 10.3. The van der Waals surface area contributed by atoms with E-state index < -0.39 is 13.0 Å². The van der Waals surface area contributed by atoms with Crippen LogP contribution in [0.1, 0.15) is 29.4 Å². The Labute approximate surface area is 126 Å². The second-order valence-electron chi connectivity index (χ2n) is 4.60. The summed E-state index contributed by atoms with van der Waals surface area (Å²) in [6.07, 6.45) is 4.85. The number of alkyl halides is 2. The number of pyridine rings is 1. The molecule has 1 amide bonds. The summed E-state index contributed by atoms with van der Waals surface area (Å²) in [5.41, 5.74) is 1.65. The van der Waals surface area contributed by atoms with Gasteiger partial charge in [-0.3, -0.25) is 9.20 Å². The van der Waals surface area contributed by atoms with Crippen molar-refractivity contribution < 1.29 is 18.3 Å². The Kier molecular flexibility index (Phi) is 5.60. The van der Waals surface area contributed by atoms with Crippen LogP contribution in [0.4, 0.5) is 8.78 Å². The van der Waals surface area contributed by atoms with Gasteiger partial charge in [-0.25, -0.2) is 13.8 Å². The smallest absolute Gasteiger partial charge is 0.273 e. The zero-order valence-corrected chi connectivity index (χ0v) is 12.1. The minimum atomic E-state index is -2.50. The van der Waals surface area contributed by atoms with Crippen LogP contribution in [0.5, 0.6) is 0 Å². The molecular weight excluding hydrogens is 292 g/mol. The van der Waals surface area contributed by atoms with E-state index in [0.717, 1.165) is 6.42 Å². The number of nitrogens with zero attached hydrogens (tertiary/aromatic N) is 2. The molecule has 2 aromatic rings. The number of amides is 1. The third-order valence-electron chi connectivity index (χ3n) is 2.88. The Bertz CT molecular complexity index is 668. The van der Waals surface area contributed by atoms with Gasteiger partial charge in [-0.05, 0) is 18.1 Å². The summed E-state index contributed by atoms with van der Waals surface area (Å²) in [7, 11) is 0. The fourth-order valence-corrected chi connectivity index (χ4v) is 1.87. The van der Waals surface area contributed by atoms with E-state index in [1.54, 1.807) is 28.9 Å². The van der Waals surface area contributed by atoms with E-state index in [1.807, 2.05) is 13.0 Å². The highest BCUT2D eigenvalue weighted by molar-refractivity contribution is 5.93. The lowest BCUT2D eigenvalue weighted by Crippen LogP contribution is -2.19. The Balaban J connectivity index is 2.14. The highest BCUT2D eigenvalue weighted by Crippen LogP contribution is 2.11. The predicted molar refractivity (Wildman–Crippen MR) is 77.7 cm³/mol. The average Bonchev–Trinajstić information content (AvgIpc) is 2.90. The molecule has 2 heterocycles. The van der Waals surface area contributed by atoms with Gasteiger partial charge in [0.1, 0.15) is 17.9 Å². The molecular formula is C15H17F2N3O2. The van der Waals surface area contributed by atoms with E-state index in [4.69, 9.17) is 4.74 Å².